The van der Waals surface area contributed by atoms with Gasteiger partial charge < -0.3 is 10.6 Å². The predicted octanol–water partition coefficient (Wildman–Crippen LogP) is 3.40. The SMILES string of the molecule is Cc1cc(C)cc(N2C3CCC2CC(CCN)C3)c1. The first-order valence-corrected chi connectivity index (χ1v) is 7.74. The first-order chi connectivity index (χ1) is 9.17. The van der Waals surface area contributed by atoms with Crippen LogP contribution in [0.2, 0.25) is 0 Å². The predicted molar refractivity (Wildman–Crippen MR) is 81.6 cm³/mol. The molecule has 2 saturated heterocycles. The third-order valence-electron chi connectivity index (χ3n) is 4.91. The fraction of sp³-hybridized carbons (Fsp3) is 0.647. The second-order valence-electron chi connectivity index (χ2n) is 6.55. The van der Waals surface area contributed by atoms with E-state index in [0.717, 1.165) is 24.5 Å². The maximum absolute atomic E-state index is 5.74. The molecule has 0 spiro atoms. The zero-order valence-electron chi connectivity index (χ0n) is 12.2. The zero-order valence-corrected chi connectivity index (χ0v) is 12.2. The number of benzene rings is 1. The maximum atomic E-state index is 5.74. The number of hydrogen-bond acceptors (Lipinski definition) is 2. The molecule has 2 N–H and O–H groups in total. The maximum Gasteiger partial charge on any atom is 0.0376 e. The fourth-order valence-corrected chi connectivity index (χ4v) is 4.28. The molecule has 1 aromatic carbocycles. The molecule has 0 amide bonds. The highest BCUT2D eigenvalue weighted by Gasteiger charge is 2.40. The number of nitrogens with zero attached hydrogens (tertiary/aromatic N) is 1. The Morgan fingerprint density at radius 2 is 1.63 bits per heavy atom. The van der Waals surface area contributed by atoms with E-state index in [9.17, 15) is 0 Å². The number of fused-ring (bicyclic) bond motifs is 2. The van der Waals surface area contributed by atoms with Gasteiger partial charge in [-0.3, -0.25) is 0 Å². The Kier molecular flexibility index (Phi) is 3.53. The van der Waals surface area contributed by atoms with Crippen molar-refractivity contribution in [1.82, 2.24) is 0 Å². The van der Waals surface area contributed by atoms with Crippen LogP contribution in [0.4, 0.5) is 5.69 Å². The lowest BCUT2D eigenvalue weighted by Crippen LogP contribution is -2.43. The summed E-state index contributed by atoms with van der Waals surface area (Å²) in [6, 6.07) is 8.52. The average molecular weight is 258 g/mol. The molecule has 2 unspecified atom stereocenters. The van der Waals surface area contributed by atoms with Gasteiger partial charge >= 0.3 is 0 Å². The number of hydrogen-bond donors (Lipinski definition) is 1. The van der Waals surface area contributed by atoms with Gasteiger partial charge in [0.25, 0.3) is 0 Å². The van der Waals surface area contributed by atoms with Crippen molar-refractivity contribution in [3.63, 3.8) is 0 Å². The minimum Gasteiger partial charge on any atom is -0.366 e. The van der Waals surface area contributed by atoms with Gasteiger partial charge in [0, 0.05) is 17.8 Å². The van der Waals surface area contributed by atoms with E-state index < -0.39 is 0 Å². The largest absolute Gasteiger partial charge is 0.366 e. The zero-order chi connectivity index (χ0) is 13.4. The molecule has 0 aliphatic carbocycles. The lowest BCUT2D eigenvalue weighted by Gasteiger charge is -2.41. The van der Waals surface area contributed by atoms with Crippen molar-refractivity contribution in [1.29, 1.82) is 0 Å². The summed E-state index contributed by atoms with van der Waals surface area (Å²) < 4.78 is 0. The molecule has 2 aliphatic rings. The molecule has 0 aromatic heterocycles. The quantitative estimate of drug-likeness (QED) is 0.900. The summed E-state index contributed by atoms with van der Waals surface area (Å²) in [6.45, 7) is 5.27. The van der Waals surface area contributed by atoms with Crippen LogP contribution < -0.4 is 10.6 Å². The van der Waals surface area contributed by atoms with E-state index in [4.69, 9.17) is 5.73 Å². The minimum absolute atomic E-state index is 0.761. The van der Waals surface area contributed by atoms with E-state index >= 15 is 0 Å². The van der Waals surface area contributed by atoms with Gasteiger partial charge in [0.05, 0.1) is 0 Å². The third-order valence-corrected chi connectivity index (χ3v) is 4.91. The van der Waals surface area contributed by atoms with E-state index in [-0.39, 0.29) is 0 Å². The van der Waals surface area contributed by atoms with Crippen LogP contribution in [0.5, 0.6) is 0 Å². The fourth-order valence-electron chi connectivity index (χ4n) is 4.28. The van der Waals surface area contributed by atoms with Gasteiger partial charge in [-0.25, -0.2) is 0 Å². The van der Waals surface area contributed by atoms with E-state index in [2.05, 4.69) is 36.9 Å². The smallest absolute Gasteiger partial charge is 0.0376 e. The Labute approximate surface area is 117 Å². The summed E-state index contributed by atoms with van der Waals surface area (Å²) in [4.78, 5) is 2.72. The monoisotopic (exact) mass is 258 g/mol. The van der Waals surface area contributed by atoms with Crippen LogP contribution in [-0.4, -0.2) is 18.6 Å². The van der Waals surface area contributed by atoms with Crippen LogP contribution in [-0.2, 0) is 0 Å². The molecule has 2 atom stereocenters. The average Bonchev–Trinajstić information content (AvgIpc) is 2.60. The number of piperidine rings is 1. The van der Waals surface area contributed by atoms with Crippen LogP contribution in [0, 0.1) is 19.8 Å². The van der Waals surface area contributed by atoms with E-state index in [1.165, 1.54) is 48.9 Å². The van der Waals surface area contributed by atoms with Crippen LogP contribution in [0.25, 0.3) is 0 Å². The topological polar surface area (TPSA) is 29.3 Å². The molecule has 2 bridgehead atoms. The Bertz CT molecular complexity index is 420. The molecule has 2 heterocycles. The van der Waals surface area contributed by atoms with Gasteiger partial charge in [0.2, 0.25) is 0 Å². The summed E-state index contributed by atoms with van der Waals surface area (Å²) >= 11 is 0. The van der Waals surface area contributed by atoms with Crippen LogP contribution in [0.1, 0.15) is 43.2 Å². The van der Waals surface area contributed by atoms with Crippen molar-refractivity contribution < 1.29 is 0 Å². The number of aryl methyl sites for hydroxylation is 2. The van der Waals surface area contributed by atoms with Crippen molar-refractivity contribution in [2.45, 2.75) is 58.0 Å². The lowest BCUT2D eigenvalue weighted by molar-refractivity contribution is 0.326. The Balaban J connectivity index is 1.83. The van der Waals surface area contributed by atoms with E-state index in [0.29, 0.717) is 0 Å². The highest BCUT2D eigenvalue weighted by Crippen LogP contribution is 2.42. The van der Waals surface area contributed by atoms with Gasteiger partial charge in [-0.15, -0.1) is 0 Å². The Morgan fingerprint density at radius 1 is 1.05 bits per heavy atom. The van der Waals surface area contributed by atoms with Crippen molar-refractivity contribution in [2.75, 3.05) is 11.4 Å². The van der Waals surface area contributed by atoms with E-state index in [1.807, 2.05) is 0 Å². The van der Waals surface area contributed by atoms with Gasteiger partial charge in [0.1, 0.15) is 0 Å². The summed E-state index contributed by atoms with van der Waals surface area (Å²) in [5, 5.41) is 0. The summed E-state index contributed by atoms with van der Waals surface area (Å²) in [5.41, 5.74) is 9.97. The molecule has 1 aromatic rings. The Morgan fingerprint density at radius 3 is 2.16 bits per heavy atom. The molecule has 2 fully saturated rings. The second kappa shape index (κ2) is 5.16. The molecule has 3 rings (SSSR count). The molecule has 104 valence electrons. The normalized spacial score (nSPS) is 29.8. The van der Waals surface area contributed by atoms with Crippen LogP contribution >= 0.6 is 0 Å². The van der Waals surface area contributed by atoms with Gasteiger partial charge in [-0.2, -0.15) is 0 Å². The summed E-state index contributed by atoms with van der Waals surface area (Å²) in [6.07, 6.45) is 6.66. The van der Waals surface area contributed by atoms with Crippen molar-refractivity contribution in [2.24, 2.45) is 11.7 Å². The van der Waals surface area contributed by atoms with Gasteiger partial charge in [-0.05, 0) is 81.7 Å². The molecular weight excluding hydrogens is 232 g/mol. The lowest BCUT2D eigenvalue weighted by atomic mass is 9.87. The second-order valence-corrected chi connectivity index (χ2v) is 6.55. The van der Waals surface area contributed by atoms with Crippen LogP contribution in [0.3, 0.4) is 0 Å². The van der Waals surface area contributed by atoms with Gasteiger partial charge in [0.15, 0.2) is 0 Å². The highest BCUT2D eigenvalue weighted by atomic mass is 15.2. The first-order valence-electron chi connectivity index (χ1n) is 7.74. The molecule has 19 heavy (non-hydrogen) atoms. The first kappa shape index (κ1) is 13.0. The number of rotatable bonds is 3. The Hall–Kier alpha value is -1.02. The molecule has 2 nitrogen and oxygen atoms in total. The van der Waals surface area contributed by atoms with Crippen molar-refractivity contribution >= 4 is 5.69 Å². The van der Waals surface area contributed by atoms with Crippen LogP contribution in [0.15, 0.2) is 18.2 Å². The summed E-state index contributed by atoms with van der Waals surface area (Å²) in [7, 11) is 0. The molecule has 0 saturated carbocycles. The standard InChI is InChI=1S/C17H26N2/c1-12-7-13(2)9-17(8-12)19-15-3-4-16(19)11-14(10-15)5-6-18/h7-9,14-16H,3-6,10-11,18H2,1-2H3. The molecule has 2 heteroatoms. The van der Waals surface area contributed by atoms with Gasteiger partial charge in [-0.1, -0.05) is 6.07 Å². The summed E-state index contributed by atoms with van der Waals surface area (Å²) in [5.74, 6) is 0.865. The number of nitrogens with two attached hydrogens (primary N) is 1. The molecular formula is C17H26N2. The van der Waals surface area contributed by atoms with Crippen molar-refractivity contribution in [3.8, 4) is 0 Å². The molecule has 2 aliphatic heterocycles. The highest BCUT2D eigenvalue weighted by molar-refractivity contribution is 5.54. The number of anilines is 1. The molecule has 0 radical (unpaired) electrons. The third kappa shape index (κ3) is 2.51. The van der Waals surface area contributed by atoms with E-state index in [1.54, 1.807) is 0 Å². The minimum atomic E-state index is 0.761. The van der Waals surface area contributed by atoms with Crippen molar-refractivity contribution in [3.05, 3.63) is 29.3 Å².